The Bertz CT molecular complexity index is 977. The van der Waals surface area contributed by atoms with Crippen LogP contribution in [0, 0.1) is 5.92 Å². The van der Waals surface area contributed by atoms with Crippen molar-refractivity contribution < 1.29 is 4.79 Å². The van der Waals surface area contributed by atoms with Gasteiger partial charge in [-0.05, 0) is 48.9 Å². The standard InChI is InChI=1S/C24H30N4OS/c1-2-6-23(29)26-20-11-9-18(10-12-20)16-28-22-15-25-14-13-21(22)27-24(28)30-17-19-7-4-3-5-8-19/h9-15,19H,2-8,16-17H2,1H3,(H,26,29). The SMILES string of the molecule is CCCC(=O)Nc1ccc(Cn2c(SCC3CCCCC3)nc3ccncc32)cc1. The molecule has 0 spiro atoms. The van der Waals surface area contributed by atoms with Crippen LogP contribution < -0.4 is 5.32 Å². The highest BCUT2D eigenvalue weighted by atomic mass is 32.2. The van der Waals surface area contributed by atoms with Gasteiger partial charge in [-0.3, -0.25) is 9.78 Å². The molecule has 1 aliphatic carbocycles. The molecule has 1 aliphatic rings. The molecule has 3 aromatic rings. The van der Waals surface area contributed by atoms with Gasteiger partial charge in [0.1, 0.15) is 0 Å². The number of rotatable bonds is 8. The van der Waals surface area contributed by atoms with Crippen LogP contribution in [0.15, 0.2) is 47.9 Å². The number of nitrogens with zero attached hydrogens (tertiary/aromatic N) is 3. The van der Waals surface area contributed by atoms with Gasteiger partial charge in [0.2, 0.25) is 5.91 Å². The summed E-state index contributed by atoms with van der Waals surface area (Å²) < 4.78 is 2.28. The number of carbonyl (C=O) groups excluding carboxylic acids is 1. The molecule has 2 heterocycles. The van der Waals surface area contributed by atoms with Crippen LogP contribution in [-0.4, -0.2) is 26.2 Å². The Hall–Kier alpha value is -2.34. The molecule has 2 aromatic heterocycles. The third kappa shape index (κ3) is 5.22. The summed E-state index contributed by atoms with van der Waals surface area (Å²) in [5, 5.41) is 4.03. The van der Waals surface area contributed by atoms with Crippen molar-refractivity contribution >= 4 is 34.4 Å². The quantitative estimate of drug-likeness (QED) is 0.460. The second-order valence-corrected chi connectivity index (χ2v) is 9.14. The molecule has 0 saturated heterocycles. The second-order valence-electron chi connectivity index (χ2n) is 8.16. The summed E-state index contributed by atoms with van der Waals surface area (Å²) >= 11 is 1.88. The maximum Gasteiger partial charge on any atom is 0.224 e. The van der Waals surface area contributed by atoms with Gasteiger partial charge in [-0.25, -0.2) is 4.98 Å². The van der Waals surface area contributed by atoms with E-state index in [9.17, 15) is 4.79 Å². The molecule has 5 nitrogen and oxygen atoms in total. The van der Waals surface area contributed by atoms with Crippen molar-refractivity contribution in [3.05, 3.63) is 48.3 Å². The van der Waals surface area contributed by atoms with Gasteiger partial charge in [0, 0.05) is 24.1 Å². The highest BCUT2D eigenvalue weighted by Crippen LogP contribution is 2.31. The Labute approximate surface area is 182 Å². The minimum atomic E-state index is 0.0679. The van der Waals surface area contributed by atoms with Crippen molar-refractivity contribution in [3.63, 3.8) is 0 Å². The Kier molecular flexibility index (Phi) is 7.05. The number of hydrogen-bond donors (Lipinski definition) is 1. The molecule has 0 bridgehead atoms. The first-order valence-electron chi connectivity index (χ1n) is 11.0. The van der Waals surface area contributed by atoms with E-state index >= 15 is 0 Å². The summed E-state index contributed by atoms with van der Waals surface area (Å²) in [6, 6.07) is 10.1. The van der Waals surface area contributed by atoms with E-state index in [2.05, 4.69) is 27.0 Å². The largest absolute Gasteiger partial charge is 0.326 e. The summed E-state index contributed by atoms with van der Waals surface area (Å²) in [6.07, 6.45) is 11.9. The van der Waals surface area contributed by atoms with Crippen molar-refractivity contribution in [2.24, 2.45) is 5.92 Å². The van der Waals surface area contributed by atoms with Gasteiger partial charge < -0.3 is 9.88 Å². The molecule has 1 N–H and O–H groups in total. The first-order valence-corrected chi connectivity index (χ1v) is 12.0. The number of imidazole rings is 1. The van der Waals surface area contributed by atoms with Gasteiger partial charge in [0.05, 0.1) is 23.8 Å². The first kappa shape index (κ1) is 20.9. The highest BCUT2D eigenvalue weighted by molar-refractivity contribution is 7.99. The molecule has 0 radical (unpaired) electrons. The molecule has 1 fully saturated rings. The average molecular weight is 423 g/mol. The first-order chi connectivity index (χ1) is 14.7. The van der Waals surface area contributed by atoms with Crippen molar-refractivity contribution in [1.29, 1.82) is 0 Å². The highest BCUT2D eigenvalue weighted by Gasteiger charge is 2.17. The lowest BCUT2D eigenvalue weighted by Crippen LogP contribution is -2.11. The molecule has 1 saturated carbocycles. The van der Waals surface area contributed by atoms with Crippen molar-refractivity contribution in [2.75, 3.05) is 11.1 Å². The smallest absolute Gasteiger partial charge is 0.224 e. The molecule has 158 valence electrons. The molecule has 0 unspecified atom stereocenters. The third-order valence-electron chi connectivity index (χ3n) is 5.74. The van der Waals surface area contributed by atoms with E-state index in [1.807, 2.05) is 49.3 Å². The molecule has 4 rings (SSSR count). The van der Waals surface area contributed by atoms with Gasteiger partial charge in [0.25, 0.3) is 0 Å². The van der Waals surface area contributed by atoms with Crippen LogP contribution in [0.25, 0.3) is 11.0 Å². The fourth-order valence-corrected chi connectivity index (χ4v) is 5.28. The molecule has 1 amide bonds. The Morgan fingerprint density at radius 3 is 2.73 bits per heavy atom. The van der Waals surface area contributed by atoms with Gasteiger partial charge in [-0.2, -0.15) is 0 Å². The number of benzene rings is 1. The third-order valence-corrected chi connectivity index (χ3v) is 6.95. The molecule has 6 heteroatoms. The van der Waals surface area contributed by atoms with E-state index in [4.69, 9.17) is 4.98 Å². The molecule has 0 aliphatic heterocycles. The van der Waals surface area contributed by atoms with Crippen molar-refractivity contribution in [2.45, 2.75) is 63.6 Å². The van der Waals surface area contributed by atoms with Gasteiger partial charge in [-0.15, -0.1) is 0 Å². The molecule has 0 atom stereocenters. The number of thioether (sulfide) groups is 1. The average Bonchev–Trinajstić information content (AvgIpc) is 3.12. The predicted molar refractivity (Wildman–Crippen MR) is 124 cm³/mol. The lowest BCUT2D eigenvalue weighted by atomic mass is 9.91. The van der Waals surface area contributed by atoms with Crippen LogP contribution >= 0.6 is 11.8 Å². The lowest BCUT2D eigenvalue weighted by Gasteiger charge is -2.21. The summed E-state index contributed by atoms with van der Waals surface area (Å²) in [5.41, 5.74) is 4.11. The van der Waals surface area contributed by atoms with Crippen LogP contribution in [0.3, 0.4) is 0 Å². The maximum atomic E-state index is 11.8. The Morgan fingerprint density at radius 1 is 1.17 bits per heavy atom. The monoisotopic (exact) mass is 422 g/mol. The summed E-state index contributed by atoms with van der Waals surface area (Å²) in [7, 11) is 0. The van der Waals surface area contributed by atoms with E-state index in [1.165, 1.54) is 37.7 Å². The van der Waals surface area contributed by atoms with Crippen molar-refractivity contribution in [1.82, 2.24) is 14.5 Å². The van der Waals surface area contributed by atoms with E-state index in [-0.39, 0.29) is 5.91 Å². The number of aromatic nitrogens is 3. The number of amides is 1. The Morgan fingerprint density at radius 2 is 1.97 bits per heavy atom. The minimum absolute atomic E-state index is 0.0679. The van der Waals surface area contributed by atoms with Crippen LogP contribution in [0.1, 0.15) is 57.4 Å². The number of nitrogens with one attached hydrogen (secondary N) is 1. The number of carbonyl (C=O) groups is 1. The van der Waals surface area contributed by atoms with Gasteiger partial charge >= 0.3 is 0 Å². The molecule has 30 heavy (non-hydrogen) atoms. The molecule has 1 aromatic carbocycles. The molecular formula is C24H30N4OS. The zero-order chi connectivity index (χ0) is 20.8. The van der Waals surface area contributed by atoms with Crippen LogP contribution in [0.2, 0.25) is 0 Å². The number of fused-ring (bicyclic) bond motifs is 1. The summed E-state index contributed by atoms with van der Waals surface area (Å²) in [4.78, 5) is 21.0. The maximum absolute atomic E-state index is 11.8. The minimum Gasteiger partial charge on any atom is -0.326 e. The van der Waals surface area contributed by atoms with E-state index < -0.39 is 0 Å². The fourth-order valence-electron chi connectivity index (χ4n) is 4.08. The number of anilines is 1. The van der Waals surface area contributed by atoms with E-state index in [0.29, 0.717) is 6.42 Å². The predicted octanol–water partition coefficient (Wildman–Crippen LogP) is 5.89. The lowest BCUT2D eigenvalue weighted by molar-refractivity contribution is -0.116. The van der Waals surface area contributed by atoms with Crippen LogP contribution in [0.4, 0.5) is 5.69 Å². The number of hydrogen-bond acceptors (Lipinski definition) is 4. The van der Waals surface area contributed by atoms with Crippen molar-refractivity contribution in [3.8, 4) is 0 Å². The van der Waals surface area contributed by atoms with Crippen LogP contribution in [0.5, 0.6) is 0 Å². The fraction of sp³-hybridized carbons (Fsp3) is 0.458. The zero-order valence-corrected chi connectivity index (χ0v) is 18.5. The van der Waals surface area contributed by atoms with E-state index in [0.717, 1.165) is 46.5 Å². The Balaban J connectivity index is 1.50. The van der Waals surface area contributed by atoms with Crippen LogP contribution in [-0.2, 0) is 11.3 Å². The summed E-state index contributed by atoms with van der Waals surface area (Å²) in [6.45, 7) is 2.76. The van der Waals surface area contributed by atoms with Gasteiger partial charge in [0.15, 0.2) is 5.16 Å². The molecular weight excluding hydrogens is 392 g/mol. The number of pyridine rings is 1. The van der Waals surface area contributed by atoms with E-state index in [1.54, 1.807) is 0 Å². The zero-order valence-electron chi connectivity index (χ0n) is 17.6. The second kappa shape index (κ2) is 10.1. The normalized spacial score (nSPS) is 14.8. The summed E-state index contributed by atoms with van der Waals surface area (Å²) in [5.74, 6) is 2.01. The topological polar surface area (TPSA) is 59.8 Å². The van der Waals surface area contributed by atoms with Gasteiger partial charge in [-0.1, -0.05) is 50.1 Å².